The number of anilines is 1. The highest BCUT2D eigenvalue weighted by molar-refractivity contribution is 5.42. The van der Waals surface area contributed by atoms with Gasteiger partial charge in [0.15, 0.2) is 0 Å². The summed E-state index contributed by atoms with van der Waals surface area (Å²) < 4.78 is 1.65. The van der Waals surface area contributed by atoms with Crippen LogP contribution in [0.5, 0.6) is 0 Å². The summed E-state index contributed by atoms with van der Waals surface area (Å²) in [7, 11) is 1.98. The smallest absolute Gasteiger partial charge is 0.269 e. The van der Waals surface area contributed by atoms with E-state index >= 15 is 0 Å². The molecule has 1 aromatic rings. The highest BCUT2D eigenvalue weighted by Crippen LogP contribution is 2.21. The molecule has 1 aromatic heterocycles. The van der Waals surface area contributed by atoms with Gasteiger partial charge in [-0.2, -0.15) is 5.10 Å². The zero-order chi connectivity index (χ0) is 17.2. The van der Waals surface area contributed by atoms with Gasteiger partial charge in [0.25, 0.3) is 5.56 Å². The van der Waals surface area contributed by atoms with Crippen LogP contribution in [0.1, 0.15) is 46.6 Å². The molecule has 2 heterocycles. The summed E-state index contributed by atoms with van der Waals surface area (Å²) in [5.74, 6) is 0. The Hall–Kier alpha value is -1.40. The van der Waals surface area contributed by atoms with Crippen LogP contribution in [0.25, 0.3) is 0 Å². The first-order chi connectivity index (χ1) is 10.7. The third-order valence-electron chi connectivity index (χ3n) is 4.45. The third kappa shape index (κ3) is 4.78. The number of hydrogen-bond acceptors (Lipinski definition) is 5. The van der Waals surface area contributed by atoms with Gasteiger partial charge in [-0.1, -0.05) is 0 Å². The van der Waals surface area contributed by atoms with Crippen molar-refractivity contribution in [1.29, 1.82) is 0 Å². The van der Waals surface area contributed by atoms with Crippen molar-refractivity contribution in [1.82, 2.24) is 14.7 Å². The molecule has 0 radical (unpaired) electrons. The lowest BCUT2D eigenvalue weighted by Gasteiger charge is -2.36. The van der Waals surface area contributed by atoms with E-state index in [2.05, 4.69) is 28.7 Å². The Morgan fingerprint density at radius 3 is 2.74 bits per heavy atom. The third-order valence-corrected chi connectivity index (χ3v) is 4.45. The van der Waals surface area contributed by atoms with Crippen LogP contribution in [-0.2, 0) is 0 Å². The van der Waals surface area contributed by atoms with Crippen LogP contribution in [0.3, 0.4) is 0 Å². The molecule has 1 aliphatic rings. The highest BCUT2D eigenvalue weighted by atomic mass is 16.1. The summed E-state index contributed by atoms with van der Waals surface area (Å²) in [6, 6.07) is 2.17. The summed E-state index contributed by atoms with van der Waals surface area (Å²) in [6.45, 7) is 11.0. The lowest BCUT2D eigenvalue weighted by Crippen LogP contribution is -2.49. The average molecular weight is 321 g/mol. The van der Waals surface area contributed by atoms with Crippen LogP contribution < -0.4 is 16.2 Å². The minimum absolute atomic E-state index is 0.0196. The quantitative estimate of drug-likeness (QED) is 0.889. The van der Waals surface area contributed by atoms with E-state index in [1.807, 2.05) is 20.9 Å². The molecule has 2 N–H and O–H groups in total. The largest absolute Gasteiger partial charge is 0.371 e. The molecule has 23 heavy (non-hydrogen) atoms. The maximum atomic E-state index is 12.5. The molecular weight excluding hydrogens is 290 g/mol. The summed E-state index contributed by atoms with van der Waals surface area (Å²) >= 11 is 0. The minimum Gasteiger partial charge on any atom is -0.371 e. The Kier molecular flexibility index (Phi) is 5.47. The Labute approximate surface area is 139 Å². The first kappa shape index (κ1) is 17.9. The molecule has 1 saturated heterocycles. The molecule has 0 amide bonds. The van der Waals surface area contributed by atoms with Gasteiger partial charge < -0.3 is 10.6 Å². The van der Waals surface area contributed by atoms with E-state index in [0.29, 0.717) is 6.04 Å². The second-order valence-corrected chi connectivity index (χ2v) is 7.72. The van der Waals surface area contributed by atoms with Crippen LogP contribution in [-0.4, -0.2) is 52.9 Å². The zero-order valence-corrected chi connectivity index (χ0v) is 15.1. The topological polar surface area (TPSA) is 67.4 Å². The monoisotopic (exact) mass is 321 g/mol. The van der Waals surface area contributed by atoms with E-state index in [1.165, 1.54) is 0 Å². The predicted molar refractivity (Wildman–Crippen MR) is 95.0 cm³/mol. The molecule has 0 spiro atoms. The van der Waals surface area contributed by atoms with Gasteiger partial charge in [0.2, 0.25) is 0 Å². The predicted octanol–water partition coefficient (Wildman–Crippen LogP) is 1.46. The molecule has 2 rings (SSSR count). The second-order valence-electron chi connectivity index (χ2n) is 7.72. The van der Waals surface area contributed by atoms with Crippen molar-refractivity contribution in [2.75, 3.05) is 31.6 Å². The van der Waals surface area contributed by atoms with Gasteiger partial charge in [-0.05, 0) is 47.1 Å². The normalized spacial score (nSPS) is 20.0. The van der Waals surface area contributed by atoms with Gasteiger partial charge in [0.1, 0.15) is 0 Å². The fraction of sp³-hybridized carbons (Fsp3) is 0.765. The molecular formula is C17H31N5O. The molecule has 0 aromatic carbocycles. The first-order valence-electron chi connectivity index (χ1n) is 8.50. The van der Waals surface area contributed by atoms with Crippen LogP contribution in [0.2, 0.25) is 0 Å². The van der Waals surface area contributed by atoms with Gasteiger partial charge >= 0.3 is 0 Å². The van der Waals surface area contributed by atoms with Crippen molar-refractivity contribution in [3.05, 3.63) is 22.6 Å². The van der Waals surface area contributed by atoms with Crippen molar-refractivity contribution in [2.45, 2.75) is 58.2 Å². The number of nitrogens with zero attached hydrogens (tertiary/aromatic N) is 4. The molecule has 130 valence electrons. The SMILES string of the molecule is CC(C)N(C)c1cnn(C2CCCN(CC(C)(C)N)C2)c(=O)c1. The van der Waals surface area contributed by atoms with Crippen molar-refractivity contribution >= 4 is 5.69 Å². The number of aromatic nitrogens is 2. The highest BCUT2D eigenvalue weighted by Gasteiger charge is 2.26. The maximum absolute atomic E-state index is 12.5. The number of rotatable bonds is 5. The number of piperidine rings is 1. The Morgan fingerprint density at radius 2 is 2.17 bits per heavy atom. The molecule has 1 aliphatic heterocycles. The van der Waals surface area contributed by atoms with E-state index < -0.39 is 0 Å². The average Bonchev–Trinajstić information content (AvgIpc) is 2.44. The molecule has 6 heteroatoms. The Morgan fingerprint density at radius 1 is 1.48 bits per heavy atom. The number of nitrogens with two attached hydrogens (primary N) is 1. The van der Waals surface area contributed by atoms with Crippen LogP contribution in [0.15, 0.2) is 17.1 Å². The molecule has 0 aliphatic carbocycles. The molecule has 0 saturated carbocycles. The van der Waals surface area contributed by atoms with E-state index in [0.717, 1.165) is 38.2 Å². The van der Waals surface area contributed by atoms with E-state index in [4.69, 9.17) is 5.73 Å². The minimum atomic E-state index is -0.218. The summed E-state index contributed by atoms with van der Waals surface area (Å²) in [5, 5.41) is 4.44. The van der Waals surface area contributed by atoms with Crippen molar-refractivity contribution in [3.8, 4) is 0 Å². The van der Waals surface area contributed by atoms with Crippen LogP contribution in [0.4, 0.5) is 5.69 Å². The van der Waals surface area contributed by atoms with Gasteiger partial charge in [-0.15, -0.1) is 0 Å². The van der Waals surface area contributed by atoms with Crippen molar-refractivity contribution in [2.24, 2.45) is 5.73 Å². The number of hydrogen-bond donors (Lipinski definition) is 1. The van der Waals surface area contributed by atoms with Crippen molar-refractivity contribution < 1.29 is 0 Å². The van der Waals surface area contributed by atoms with E-state index in [1.54, 1.807) is 16.9 Å². The lowest BCUT2D eigenvalue weighted by atomic mass is 10.0. The summed E-state index contributed by atoms with van der Waals surface area (Å²) in [4.78, 5) is 16.9. The molecule has 6 nitrogen and oxygen atoms in total. The van der Waals surface area contributed by atoms with Gasteiger partial charge in [0.05, 0.1) is 17.9 Å². The van der Waals surface area contributed by atoms with Gasteiger partial charge in [-0.25, -0.2) is 4.68 Å². The molecule has 1 fully saturated rings. The van der Waals surface area contributed by atoms with E-state index in [-0.39, 0.29) is 17.1 Å². The molecule has 1 unspecified atom stereocenters. The number of likely N-dealkylation sites (tertiary alicyclic amines) is 1. The first-order valence-corrected chi connectivity index (χ1v) is 8.50. The summed E-state index contributed by atoms with van der Waals surface area (Å²) in [6.07, 6.45) is 3.86. The van der Waals surface area contributed by atoms with Crippen molar-refractivity contribution in [3.63, 3.8) is 0 Å². The fourth-order valence-corrected chi connectivity index (χ4v) is 3.12. The Bertz CT molecular complexity index is 575. The standard InChI is InChI=1S/C17H31N5O/c1-13(2)20(5)15-9-16(23)22(19-10-15)14-7-6-8-21(11-14)12-17(3,4)18/h9-10,13-14H,6-8,11-12,18H2,1-5H3. The Balaban J connectivity index is 2.14. The summed E-state index contributed by atoms with van der Waals surface area (Å²) in [5.41, 5.74) is 6.76. The van der Waals surface area contributed by atoms with Gasteiger partial charge in [0, 0.05) is 37.8 Å². The maximum Gasteiger partial charge on any atom is 0.269 e. The van der Waals surface area contributed by atoms with Gasteiger partial charge in [-0.3, -0.25) is 9.69 Å². The molecule has 1 atom stereocenters. The fourth-order valence-electron chi connectivity index (χ4n) is 3.12. The van der Waals surface area contributed by atoms with Crippen LogP contribution in [0, 0.1) is 0 Å². The molecule has 0 bridgehead atoms. The second kappa shape index (κ2) is 7.01. The van der Waals surface area contributed by atoms with Crippen LogP contribution >= 0.6 is 0 Å². The van der Waals surface area contributed by atoms with E-state index in [9.17, 15) is 4.79 Å². The lowest BCUT2D eigenvalue weighted by molar-refractivity contribution is 0.143. The zero-order valence-electron chi connectivity index (χ0n) is 15.1.